The molecule has 0 unspecified atom stereocenters. The lowest BCUT2D eigenvalue weighted by Gasteiger charge is -2.13. The zero-order chi connectivity index (χ0) is 20.8. The molecule has 0 saturated heterocycles. The molecule has 1 aromatic carbocycles. The largest absolute Gasteiger partial charge is 0.478 e. The zero-order valence-electron chi connectivity index (χ0n) is 17.8. The van der Waals surface area contributed by atoms with E-state index in [-0.39, 0.29) is 11.1 Å². The van der Waals surface area contributed by atoms with E-state index < -0.39 is 11.9 Å². The number of aryl methyl sites for hydroxylation is 2. The molecule has 4 heteroatoms. The van der Waals surface area contributed by atoms with Crippen molar-refractivity contribution in [1.29, 1.82) is 0 Å². The van der Waals surface area contributed by atoms with Gasteiger partial charge in [0.15, 0.2) is 0 Å². The molecule has 4 nitrogen and oxygen atoms in total. The van der Waals surface area contributed by atoms with E-state index in [2.05, 4.69) is 13.8 Å². The van der Waals surface area contributed by atoms with Crippen LogP contribution in [-0.4, -0.2) is 22.2 Å². The zero-order valence-corrected chi connectivity index (χ0v) is 17.8. The van der Waals surface area contributed by atoms with Crippen molar-refractivity contribution in [2.45, 2.75) is 104 Å². The topological polar surface area (TPSA) is 74.6 Å². The maximum atomic E-state index is 11.5. The van der Waals surface area contributed by atoms with Crippen LogP contribution in [0.3, 0.4) is 0 Å². The molecule has 0 atom stereocenters. The summed E-state index contributed by atoms with van der Waals surface area (Å²) in [5, 5.41) is 18.9. The summed E-state index contributed by atoms with van der Waals surface area (Å²) in [6.07, 6.45) is 15.9. The normalized spacial score (nSPS) is 10.9. The summed E-state index contributed by atoms with van der Waals surface area (Å²) in [5.74, 6) is -2.32. The van der Waals surface area contributed by atoms with E-state index in [1.54, 1.807) is 12.1 Å². The van der Waals surface area contributed by atoms with Crippen molar-refractivity contribution in [3.63, 3.8) is 0 Å². The lowest BCUT2D eigenvalue weighted by Crippen LogP contribution is -2.11. The molecule has 0 aliphatic rings. The fourth-order valence-corrected chi connectivity index (χ4v) is 3.70. The highest BCUT2D eigenvalue weighted by molar-refractivity contribution is 6.02. The predicted octanol–water partition coefficient (Wildman–Crippen LogP) is 6.89. The minimum atomic E-state index is -1.16. The predicted molar refractivity (Wildman–Crippen MR) is 115 cm³/mol. The number of hydrogen-bond acceptors (Lipinski definition) is 2. The fraction of sp³-hybridized carbons (Fsp3) is 0.667. The van der Waals surface area contributed by atoms with Crippen molar-refractivity contribution in [3.05, 3.63) is 34.4 Å². The van der Waals surface area contributed by atoms with Crippen LogP contribution in [0.5, 0.6) is 0 Å². The Labute approximate surface area is 170 Å². The molecule has 158 valence electrons. The number of carboxylic acids is 2. The summed E-state index contributed by atoms with van der Waals surface area (Å²) in [5.41, 5.74) is 1.87. The van der Waals surface area contributed by atoms with Crippen molar-refractivity contribution in [2.24, 2.45) is 0 Å². The van der Waals surface area contributed by atoms with Gasteiger partial charge >= 0.3 is 11.9 Å². The summed E-state index contributed by atoms with van der Waals surface area (Å²) >= 11 is 0. The van der Waals surface area contributed by atoms with Gasteiger partial charge in [0.1, 0.15) is 0 Å². The van der Waals surface area contributed by atoms with E-state index in [1.165, 1.54) is 51.4 Å². The first-order chi connectivity index (χ1) is 13.5. The molecule has 28 heavy (non-hydrogen) atoms. The Morgan fingerprint density at radius 3 is 1.25 bits per heavy atom. The first-order valence-electron chi connectivity index (χ1n) is 11.1. The van der Waals surface area contributed by atoms with E-state index in [0.29, 0.717) is 0 Å². The number of unbranched alkanes of at least 4 members (excludes halogenated alkanes) is 10. The molecule has 0 fully saturated rings. The molecule has 0 aliphatic heterocycles. The van der Waals surface area contributed by atoms with Gasteiger partial charge in [-0.15, -0.1) is 0 Å². The molecule has 0 bridgehead atoms. The molecule has 0 heterocycles. The van der Waals surface area contributed by atoms with E-state index >= 15 is 0 Å². The van der Waals surface area contributed by atoms with Crippen molar-refractivity contribution >= 4 is 11.9 Å². The van der Waals surface area contributed by atoms with Gasteiger partial charge in [0.2, 0.25) is 0 Å². The molecular weight excluding hydrogens is 352 g/mol. The van der Waals surface area contributed by atoms with E-state index in [4.69, 9.17) is 0 Å². The number of hydrogen-bond donors (Lipinski definition) is 2. The maximum absolute atomic E-state index is 11.5. The van der Waals surface area contributed by atoms with Crippen LogP contribution < -0.4 is 0 Å². The second kappa shape index (κ2) is 14.2. The average Bonchev–Trinajstić information content (AvgIpc) is 2.67. The number of carbonyl (C=O) groups is 2. The Morgan fingerprint density at radius 1 is 0.607 bits per heavy atom. The standard InChI is InChI=1S/C24H38O4/c1-3-5-7-9-11-13-15-19-17-21(23(25)26)22(24(27)28)18-20(19)16-14-12-10-8-6-4-2/h17-18H,3-16H2,1-2H3,(H,25,26)(H,27,28). The fourth-order valence-electron chi connectivity index (χ4n) is 3.70. The lowest BCUT2D eigenvalue weighted by molar-refractivity contribution is 0.0651. The van der Waals surface area contributed by atoms with Gasteiger partial charge in [0.05, 0.1) is 11.1 Å². The van der Waals surface area contributed by atoms with Crippen LogP contribution in [0.4, 0.5) is 0 Å². The molecule has 0 amide bonds. The molecule has 1 aromatic rings. The molecule has 0 aliphatic carbocycles. The number of carboxylic acid groups (broad SMARTS) is 2. The lowest BCUT2D eigenvalue weighted by atomic mass is 9.91. The molecule has 1 rings (SSSR count). The molecule has 0 spiro atoms. The van der Waals surface area contributed by atoms with Gasteiger partial charge < -0.3 is 10.2 Å². The highest BCUT2D eigenvalue weighted by Gasteiger charge is 2.19. The van der Waals surface area contributed by atoms with Gasteiger partial charge in [-0.1, -0.05) is 78.1 Å². The van der Waals surface area contributed by atoms with Crippen LogP contribution in [0.25, 0.3) is 0 Å². The summed E-state index contributed by atoms with van der Waals surface area (Å²) in [7, 11) is 0. The van der Waals surface area contributed by atoms with Gasteiger partial charge in [-0.25, -0.2) is 9.59 Å². The Kier molecular flexibility index (Phi) is 12.3. The van der Waals surface area contributed by atoms with Crippen LogP contribution >= 0.6 is 0 Å². The van der Waals surface area contributed by atoms with Crippen molar-refractivity contribution in [1.82, 2.24) is 0 Å². The SMILES string of the molecule is CCCCCCCCc1cc(C(=O)O)c(C(=O)O)cc1CCCCCCCC. The number of aromatic carboxylic acids is 2. The Bertz CT molecular complexity index is 554. The molecule has 0 radical (unpaired) electrons. The van der Waals surface area contributed by atoms with Crippen LogP contribution in [-0.2, 0) is 12.8 Å². The second-order valence-electron chi connectivity index (χ2n) is 7.81. The third-order valence-electron chi connectivity index (χ3n) is 5.40. The summed E-state index contributed by atoms with van der Waals surface area (Å²) in [6.45, 7) is 4.40. The van der Waals surface area contributed by atoms with Gasteiger partial charge in [-0.05, 0) is 48.9 Å². The van der Waals surface area contributed by atoms with Crippen LogP contribution in [0, 0.1) is 0 Å². The molecule has 2 N–H and O–H groups in total. The quantitative estimate of drug-likeness (QED) is 0.301. The van der Waals surface area contributed by atoms with Gasteiger partial charge in [0, 0.05) is 0 Å². The Balaban J connectivity index is 2.81. The second-order valence-corrected chi connectivity index (χ2v) is 7.81. The molecular formula is C24H38O4. The third kappa shape index (κ3) is 8.90. The van der Waals surface area contributed by atoms with Crippen molar-refractivity contribution in [2.75, 3.05) is 0 Å². The van der Waals surface area contributed by atoms with Gasteiger partial charge in [-0.2, -0.15) is 0 Å². The summed E-state index contributed by atoms with van der Waals surface area (Å²) in [6, 6.07) is 3.23. The van der Waals surface area contributed by atoms with Crippen LogP contribution in [0.2, 0.25) is 0 Å². The number of benzene rings is 1. The van der Waals surface area contributed by atoms with E-state index in [0.717, 1.165) is 49.7 Å². The molecule has 0 aromatic heterocycles. The highest BCUT2D eigenvalue weighted by atomic mass is 16.4. The van der Waals surface area contributed by atoms with Crippen LogP contribution in [0.1, 0.15) is 123 Å². The van der Waals surface area contributed by atoms with Crippen molar-refractivity contribution in [3.8, 4) is 0 Å². The summed E-state index contributed by atoms with van der Waals surface area (Å²) < 4.78 is 0. The Morgan fingerprint density at radius 2 is 0.929 bits per heavy atom. The monoisotopic (exact) mass is 390 g/mol. The van der Waals surface area contributed by atoms with E-state index in [1.807, 2.05) is 0 Å². The van der Waals surface area contributed by atoms with Gasteiger partial charge in [-0.3, -0.25) is 0 Å². The smallest absolute Gasteiger partial charge is 0.336 e. The Hall–Kier alpha value is -1.84. The van der Waals surface area contributed by atoms with Gasteiger partial charge in [0.25, 0.3) is 0 Å². The highest BCUT2D eigenvalue weighted by Crippen LogP contribution is 2.23. The third-order valence-corrected chi connectivity index (χ3v) is 5.40. The number of rotatable bonds is 16. The average molecular weight is 391 g/mol. The van der Waals surface area contributed by atoms with Crippen LogP contribution in [0.15, 0.2) is 12.1 Å². The minimum Gasteiger partial charge on any atom is -0.478 e. The first kappa shape index (κ1) is 24.2. The van der Waals surface area contributed by atoms with Crippen molar-refractivity contribution < 1.29 is 19.8 Å². The molecule has 0 saturated carbocycles. The summed E-state index contributed by atoms with van der Waals surface area (Å²) in [4.78, 5) is 23.1. The minimum absolute atomic E-state index is 0.0832. The maximum Gasteiger partial charge on any atom is 0.336 e. The first-order valence-corrected chi connectivity index (χ1v) is 11.1. The van der Waals surface area contributed by atoms with E-state index in [9.17, 15) is 19.8 Å².